The van der Waals surface area contributed by atoms with Gasteiger partial charge in [0.25, 0.3) is 0 Å². The van der Waals surface area contributed by atoms with Crippen molar-refractivity contribution in [3.8, 4) is 0 Å². The van der Waals surface area contributed by atoms with Crippen LogP contribution in [0.15, 0.2) is 12.4 Å². The molecule has 19 heavy (non-hydrogen) atoms. The molecule has 2 aliphatic rings. The van der Waals surface area contributed by atoms with Crippen molar-refractivity contribution in [3.05, 3.63) is 18.2 Å². The molecule has 2 fully saturated rings. The average molecular weight is 281 g/mol. The Labute approximate surface area is 119 Å². The smallest absolute Gasteiger partial charge is 0.125 e. The lowest BCUT2D eigenvalue weighted by atomic mass is 9.81. The van der Waals surface area contributed by atoms with Gasteiger partial charge in [-0.05, 0) is 38.0 Å². The molecular formula is C14H23N3OS. The fourth-order valence-electron chi connectivity index (χ4n) is 3.47. The van der Waals surface area contributed by atoms with Gasteiger partial charge < -0.3 is 14.6 Å². The molecule has 5 heteroatoms. The minimum absolute atomic E-state index is 0.147. The summed E-state index contributed by atoms with van der Waals surface area (Å²) < 4.78 is 8.25. The summed E-state index contributed by atoms with van der Waals surface area (Å²) in [5, 5.41) is 3.48. The third-order valence-electron chi connectivity index (χ3n) is 4.52. The molecule has 0 aliphatic carbocycles. The van der Waals surface area contributed by atoms with Crippen LogP contribution in [0.1, 0.15) is 31.1 Å². The Bertz CT molecular complexity index is 428. The van der Waals surface area contributed by atoms with Crippen LogP contribution in [0.5, 0.6) is 0 Å². The first kappa shape index (κ1) is 13.5. The van der Waals surface area contributed by atoms with E-state index in [-0.39, 0.29) is 5.60 Å². The Balaban J connectivity index is 1.78. The Hall–Kier alpha value is -0.520. The van der Waals surface area contributed by atoms with Crippen LogP contribution in [0.3, 0.4) is 0 Å². The fourth-order valence-corrected chi connectivity index (χ4v) is 4.84. The van der Waals surface area contributed by atoms with Gasteiger partial charge in [0.2, 0.25) is 0 Å². The van der Waals surface area contributed by atoms with Gasteiger partial charge in [0, 0.05) is 31.8 Å². The van der Waals surface area contributed by atoms with Gasteiger partial charge in [0.05, 0.1) is 11.6 Å². The molecule has 1 N–H and O–H groups in total. The van der Waals surface area contributed by atoms with Crippen molar-refractivity contribution in [1.82, 2.24) is 14.9 Å². The number of nitrogens with one attached hydrogen (secondary N) is 1. The van der Waals surface area contributed by atoms with E-state index in [1.165, 1.54) is 24.3 Å². The molecule has 1 aromatic rings. The molecule has 4 nitrogen and oxygen atoms in total. The van der Waals surface area contributed by atoms with Gasteiger partial charge in [0.15, 0.2) is 0 Å². The van der Waals surface area contributed by atoms with Gasteiger partial charge >= 0.3 is 0 Å². The Morgan fingerprint density at radius 1 is 1.63 bits per heavy atom. The first-order valence-electron chi connectivity index (χ1n) is 7.10. The van der Waals surface area contributed by atoms with E-state index in [2.05, 4.69) is 21.9 Å². The first-order valence-corrected chi connectivity index (χ1v) is 8.26. The normalized spacial score (nSPS) is 32.8. The zero-order valence-electron chi connectivity index (χ0n) is 11.8. The number of ether oxygens (including phenoxy) is 1. The van der Waals surface area contributed by atoms with Gasteiger partial charge in [-0.25, -0.2) is 4.98 Å². The number of rotatable bonds is 3. The van der Waals surface area contributed by atoms with Crippen molar-refractivity contribution in [2.75, 3.05) is 25.2 Å². The minimum atomic E-state index is 0.147. The highest BCUT2D eigenvalue weighted by molar-refractivity contribution is 7.99. The van der Waals surface area contributed by atoms with E-state index in [4.69, 9.17) is 4.74 Å². The highest BCUT2D eigenvalue weighted by Gasteiger charge is 2.43. The minimum Gasteiger partial charge on any atom is -0.374 e. The van der Waals surface area contributed by atoms with Crippen molar-refractivity contribution in [2.24, 2.45) is 13.0 Å². The van der Waals surface area contributed by atoms with Crippen LogP contribution < -0.4 is 5.32 Å². The lowest BCUT2D eigenvalue weighted by Gasteiger charge is -2.40. The summed E-state index contributed by atoms with van der Waals surface area (Å²) in [5.74, 6) is 4.19. The summed E-state index contributed by atoms with van der Waals surface area (Å²) in [7, 11) is 4.12. The summed E-state index contributed by atoms with van der Waals surface area (Å²) in [6.45, 7) is 0.897. The van der Waals surface area contributed by atoms with Gasteiger partial charge in [-0.1, -0.05) is 0 Å². The van der Waals surface area contributed by atoms with Crippen molar-refractivity contribution < 1.29 is 4.74 Å². The topological polar surface area (TPSA) is 39.1 Å². The quantitative estimate of drug-likeness (QED) is 0.919. The van der Waals surface area contributed by atoms with E-state index in [1.807, 2.05) is 31.2 Å². The third-order valence-corrected chi connectivity index (χ3v) is 5.74. The number of aryl methyl sites for hydroxylation is 1. The number of hydrogen-bond donors (Lipinski definition) is 1. The number of hydrogen-bond acceptors (Lipinski definition) is 4. The molecule has 3 atom stereocenters. The second-order valence-electron chi connectivity index (χ2n) is 5.75. The van der Waals surface area contributed by atoms with E-state index >= 15 is 0 Å². The maximum atomic E-state index is 6.12. The molecule has 2 saturated heterocycles. The first-order chi connectivity index (χ1) is 9.24. The molecular weight excluding hydrogens is 258 g/mol. The van der Waals surface area contributed by atoms with Crippen molar-refractivity contribution in [1.29, 1.82) is 0 Å². The maximum absolute atomic E-state index is 6.12. The van der Waals surface area contributed by atoms with Crippen LogP contribution in [0.25, 0.3) is 0 Å². The van der Waals surface area contributed by atoms with Crippen LogP contribution >= 0.6 is 11.8 Å². The van der Waals surface area contributed by atoms with Crippen LogP contribution in [0.4, 0.5) is 0 Å². The summed E-state index contributed by atoms with van der Waals surface area (Å²) in [6, 6.07) is 0.339. The number of aromatic nitrogens is 2. The van der Waals surface area contributed by atoms with E-state index in [9.17, 15) is 0 Å². The van der Waals surface area contributed by atoms with Crippen LogP contribution in [-0.2, 0) is 11.8 Å². The van der Waals surface area contributed by atoms with Crippen molar-refractivity contribution in [2.45, 2.75) is 30.9 Å². The molecule has 3 unspecified atom stereocenters. The number of nitrogens with zero attached hydrogens (tertiary/aromatic N) is 2. The molecule has 1 spiro atoms. The van der Waals surface area contributed by atoms with E-state index < -0.39 is 0 Å². The Morgan fingerprint density at radius 3 is 3.16 bits per heavy atom. The van der Waals surface area contributed by atoms with Gasteiger partial charge in [-0.2, -0.15) is 11.8 Å². The Kier molecular flexibility index (Phi) is 3.87. The zero-order chi connectivity index (χ0) is 13.3. The monoisotopic (exact) mass is 281 g/mol. The van der Waals surface area contributed by atoms with Crippen LogP contribution in [0, 0.1) is 5.92 Å². The molecule has 0 radical (unpaired) electrons. The molecule has 106 valence electrons. The lowest BCUT2D eigenvalue weighted by molar-refractivity contribution is -0.0856. The molecule has 0 saturated carbocycles. The summed E-state index contributed by atoms with van der Waals surface area (Å²) in [5.41, 5.74) is 0.147. The van der Waals surface area contributed by atoms with Crippen LogP contribution in [0.2, 0.25) is 0 Å². The van der Waals surface area contributed by atoms with E-state index in [0.717, 1.165) is 18.9 Å². The van der Waals surface area contributed by atoms with Gasteiger partial charge in [-0.3, -0.25) is 0 Å². The average Bonchev–Trinajstić information content (AvgIpc) is 3.02. The zero-order valence-corrected chi connectivity index (χ0v) is 12.6. The van der Waals surface area contributed by atoms with Gasteiger partial charge in [0.1, 0.15) is 5.82 Å². The summed E-state index contributed by atoms with van der Waals surface area (Å²) in [4.78, 5) is 4.53. The molecule has 0 amide bonds. The number of thioether (sulfide) groups is 1. The highest BCUT2D eigenvalue weighted by atomic mass is 32.2. The SMILES string of the molecule is CNC(c1nccn1C)C1CCOC2(CCSC2)C1. The van der Waals surface area contributed by atoms with E-state index in [0.29, 0.717) is 12.0 Å². The van der Waals surface area contributed by atoms with Crippen LogP contribution in [-0.4, -0.2) is 40.3 Å². The summed E-state index contributed by atoms with van der Waals surface area (Å²) >= 11 is 2.04. The molecule has 2 aliphatic heterocycles. The second kappa shape index (κ2) is 5.46. The molecule has 0 bridgehead atoms. The fraction of sp³-hybridized carbons (Fsp3) is 0.786. The predicted octanol–water partition coefficient (Wildman–Crippen LogP) is 1.98. The second-order valence-corrected chi connectivity index (χ2v) is 6.85. The lowest BCUT2D eigenvalue weighted by Crippen LogP contribution is -2.43. The molecule has 1 aromatic heterocycles. The summed E-state index contributed by atoms with van der Waals surface area (Å²) in [6.07, 6.45) is 7.43. The molecule has 3 heterocycles. The molecule has 0 aromatic carbocycles. The Morgan fingerprint density at radius 2 is 2.53 bits per heavy atom. The van der Waals surface area contributed by atoms with Crippen molar-refractivity contribution in [3.63, 3.8) is 0 Å². The van der Waals surface area contributed by atoms with Gasteiger partial charge in [-0.15, -0.1) is 0 Å². The van der Waals surface area contributed by atoms with E-state index in [1.54, 1.807) is 0 Å². The standard InChI is InChI=1S/C14H23N3OS/c1-15-12(13-16-5-6-17(13)2)11-3-7-18-14(9-11)4-8-19-10-14/h5-6,11-12,15H,3-4,7-10H2,1-2H3. The largest absolute Gasteiger partial charge is 0.374 e. The molecule has 3 rings (SSSR count). The highest BCUT2D eigenvalue weighted by Crippen LogP contribution is 2.43. The number of imidazole rings is 1. The maximum Gasteiger partial charge on any atom is 0.125 e. The predicted molar refractivity (Wildman–Crippen MR) is 78.4 cm³/mol. The third kappa shape index (κ3) is 2.56. The van der Waals surface area contributed by atoms with Crippen molar-refractivity contribution >= 4 is 11.8 Å².